The first-order valence-electron chi connectivity index (χ1n) is 5.16. The topological polar surface area (TPSA) is 133 Å². The van der Waals surface area contributed by atoms with Crippen LogP contribution >= 0.6 is 0 Å². The quantitative estimate of drug-likeness (QED) is 0.342. The maximum absolute atomic E-state index is 10.8. The van der Waals surface area contributed by atoms with Crippen molar-refractivity contribution < 1.29 is 30.0 Å². The molecule has 1 saturated heterocycles. The first kappa shape index (κ1) is 14.1. The van der Waals surface area contributed by atoms with Gasteiger partial charge in [0.2, 0.25) is 5.91 Å². The van der Waals surface area contributed by atoms with Crippen LogP contribution in [0.2, 0.25) is 0 Å². The standard InChI is InChI=1S/C10H17NO6/c1-4(10(11)16)2-5-7(13)9(15)8(14)6(3-12)17-5/h5-9,12-15H,1-3H2,(H2,11,16)/t5?,6-,7+,8-,9-/m1/s1. The van der Waals surface area contributed by atoms with Crippen LogP contribution in [0.3, 0.4) is 0 Å². The van der Waals surface area contributed by atoms with Crippen LogP contribution in [-0.2, 0) is 9.53 Å². The number of nitrogens with two attached hydrogens (primary N) is 1. The molecule has 7 heteroatoms. The molecule has 0 aliphatic carbocycles. The molecule has 1 amide bonds. The number of rotatable bonds is 4. The second-order valence-corrected chi connectivity index (χ2v) is 4.04. The lowest BCUT2D eigenvalue weighted by atomic mass is 9.92. The first-order chi connectivity index (χ1) is 7.88. The molecule has 1 heterocycles. The molecule has 0 aromatic rings. The molecule has 0 spiro atoms. The van der Waals surface area contributed by atoms with E-state index in [1.807, 2.05) is 0 Å². The predicted molar refractivity (Wildman–Crippen MR) is 56.7 cm³/mol. The van der Waals surface area contributed by atoms with E-state index in [9.17, 15) is 20.1 Å². The molecule has 6 N–H and O–H groups in total. The second-order valence-electron chi connectivity index (χ2n) is 4.04. The van der Waals surface area contributed by atoms with E-state index in [1.165, 1.54) is 0 Å². The number of carbonyl (C=O) groups is 1. The van der Waals surface area contributed by atoms with Crippen LogP contribution in [0.25, 0.3) is 0 Å². The normalized spacial score (nSPS) is 37.8. The van der Waals surface area contributed by atoms with Crippen molar-refractivity contribution in [2.75, 3.05) is 6.61 Å². The minimum absolute atomic E-state index is 0.0364. The summed E-state index contributed by atoms with van der Waals surface area (Å²) in [5.74, 6) is -0.734. The van der Waals surface area contributed by atoms with E-state index in [4.69, 9.17) is 15.6 Å². The van der Waals surface area contributed by atoms with E-state index in [-0.39, 0.29) is 12.0 Å². The van der Waals surface area contributed by atoms with Gasteiger partial charge in [-0.1, -0.05) is 6.58 Å². The Labute approximate surface area is 98.1 Å². The van der Waals surface area contributed by atoms with Crippen molar-refractivity contribution in [3.05, 3.63) is 12.2 Å². The van der Waals surface area contributed by atoms with Gasteiger partial charge in [0.15, 0.2) is 0 Å². The van der Waals surface area contributed by atoms with Gasteiger partial charge >= 0.3 is 0 Å². The number of primary amides is 1. The Kier molecular flexibility index (Phi) is 4.61. The lowest BCUT2D eigenvalue weighted by Crippen LogP contribution is -2.58. The van der Waals surface area contributed by atoms with Crippen LogP contribution in [-0.4, -0.2) is 63.5 Å². The number of hydrogen-bond donors (Lipinski definition) is 5. The maximum Gasteiger partial charge on any atom is 0.244 e. The summed E-state index contributed by atoms with van der Waals surface area (Å²) in [4.78, 5) is 10.8. The number of amides is 1. The fourth-order valence-electron chi connectivity index (χ4n) is 1.69. The van der Waals surface area contributed by atoms with Crippen molar-refractivity contribution in [3.8, 4) is 0 Å². The highest BCUT2D eigenvalue weighted by Crippen LogP contribution is 2.24. The molecule has 1 aliphatic rings. The van der Waals surface area contributed by atoms with Gasteiger partial charge in [-0.05, 0) is 0 Å². The fourth-order valence-corrected chi connectivity index (χ4v) is 1.69. The van der Waals surface area contributed by atoms with Gasteiger partial charge in [0.1, 0.15) is 24.4 Å². The van der Waals surface area contributed by atoms with Crippen LogP contribution in [0.15, 0.2) is 12.2 Å². The van der Waals surface area contributed by atoms with Crippen LogP contribution in [0.1, 0.15) is 6.42 Å². The van der Waals surface area contributed by atoms with E-state index in [0.717, 1.165) is 0 Å². The molecule has 98 valence electrons. The highest BCUT2D eigenvalue weighted by molar-refractivity contribution is 5.91. The van der Waals surface area contributed by atoms with Crippen LogP contribution in [0.5, 0.6) is 0 Å². The smallest absolute Gasteiger partial charge is 0.244 e. The van der Waals surface area contributed by atoms with E-state index in [1.54, 1.807) is 0 Å². The number of carbonyl (C=O) groups excluding carboxylic acids is 1. The zero-order valence-corrected chi connectivity index (χ0v) is 9.19. The monoisotopic (exact) mass is 247 g/mol. The summed E-state index contributed by atoms with van der Waals surface area (Å²) >= 11 is 0. The summed E-state index contributed by atoms with van der Waals surface area (Å²) in [5.41, 5.74) is 5.03. The van der Waals surface area contributed by atoms with Gasteiger partial charge in [-0.3, -0.25) is 4.79 Å². The third kappa shape index (κ3) is 3.02. The molecular weight excluding hydrogens is 230 g/mol. The molecule has 0 aromatic carbocycles. The first-order valence-corrected chi connectivity index (χ1v) is 5.16. The molecule has 7 nitrogen and oxygen atoms in total. The summed E-state index contributed by atoms with van der Waals surface area (Å²) < 4.78 is 5.17. The van der Waals surface area contributed by atoms with Crippen LogP contribution < -0.4 is 5.73 Å². The number of aliphatic hydroxyl groups is 4. The molecular formula is C10H17NO6. The molecule has 1 fully saturated rings. The average molecular weight is 247 g/mol. The van der Waals surface area contributed by atoms with Gasteiger partial charge in [-0.2, -0.15) is 0 Å². The Morgan fingerprint density at radius 2 is 1.71 bits per heavy atom. The summed E-state index contributed by atoms with van der Waals surface area (Å²) in [6.07, 6.45) is -6.23. The second kappa shape index (κ2) is 5.56. The molecule has 5 atom stereocenters. The number of aliphatic hydroxyl groups excluding tert-OH is 4. The Morgan fingerprint density at radius 3 is 2.18 bits per heavy atom. The summed E-state index contributed by atoms with van der Waals surface area (Å²) in [5, 5.41) is 37.6. The van der Waals surface area contributed by atoms with Crippen LogP contribution in [0.4, 0.5) is 0 Å². The van der Waals surface area contributed by atoms with E-state index in [2.05, 4.69) is 6.58 Å². The maximum atomic E-state index is 10.8. The van der Waals surface area contributed by atoms with Crippen molar-refractivity contribution in [2.45, 2.75) is 36.9 Å². The molecule has 0 saturated carbocycles. The Bertz CT molecular complexity index is 305. The average Bonchev–Trinajstić information content (AvgIpc) is 2.29. The largest absolute Gasteiger partial charge is 0.394 e. The Balaban J connectivity index is 2.72. The molecule has 1 aliphatic heterocycles. The van der Waals surface area contributed by atoms with E-state index >= 15 is 0 Å². The molecule has 0 radical (unpaired) electrons. The summed E-state index contributed by atoms with van der Waals surface area (Å²) in [6, 6.07) is 0. The molecule has 0 aromatic heterocycles. The lowest BCUT2D eigenvalue weighted by molar-refractivity contribution is -0.228. The van der Waals surface area contributed by atoms with Crippen LogP contribution in [0, 0.1) is 0 Å². The lowest BCUT2D eigenvalue weighted by Gasteiger charge is -2.40. The molecule has 1 rings (SSSR count). The number of ether oxygens (including phenoxy) is 1. The highest BCUT2D eigenvalue weighted by atomic mass is 16.5. The minimum Gasteiger partial charge on any atom is -0.394 e. The number of hydrogen-bond acceptors (Lipinski definition) is 6. The van der Waals surface area contributed by atoms with Gasteiger partial charge in [-0.25, -0.2) is 0 Å². The zero-order valence-electron chi connectivity index (χ0n) is 9.19. The minimum atomic E-state index is -1.45. The van der Waals surface area contributed by atoms with Crippen molar-refractivity contribution >= 4 is 5.91 Å². The molecule has 1 unspecified atom stereocenters. The third-order valence-corrected chi connectivity index (χ3v) is 2.79. The van der Waals surface area contributed by atoms with E-state index < -0.39 is 43.0 Å². The van der Waals surface area contributed by atoms with E-state index in [0.29, 0.717) is 0 Å². The van der Waals surface area contributed by atoms with Crippen molar-refractivity contribution in [1.82, 2.24) is 0 Å². The fraction of sp³-hybridized carbons (Fsp3) is 0.700. The SMILES string of the molecule is C=C(CC1O[C@H](CO)[C@@H](O)[C@H](O)[C@H]1O)C(N)=O. The van der Waals surface area contributed by atoms with Gasteiger partial charge in [0, 0.05) is 12.0 Å². The van der Waals surface area contributed by atoms with Gasteiger partial charge < -0.3 is 30.9 Å². The van der Waals surface area contributed by atoms with Crippen molar-refractivity contribution in [2.24, 2.45) is 5.73 Å². The Hall–Kier alpha value is -0.990. The third-order valence-electron chi connectivity index (χ3n) is 2.79. The van der Waals surface area contributed by atoms with Gasteiger partial charge in [0.05, 0.1) is 12.7 Å². The molecule has 0 bridgehead atoms. The zero-order chi connectivity index (χ0) is 13.2. The molecule has 17 heavy (non-hydrogen) atoms. The summed E-state index contributed by atoms with van der Waals surface area (Å²) in [7, 11) is 0. The predicted octanol–water partition coefficient (Wildman–Crippen LogP) is -2.74. The highest BCUT2D eigenvalue weighted by Gasteiger charge is 2.43. The van der Waals surface area contributed by atoms with Crippen molar-refractivity contribution in [1.29, 1.82) is 0 Å². The van der Waals surface area contributed by atoms with Crippen molar-refractivity contribution in [3.63, 3.8) is 0 Å². The van der Waals surface area contributed by atoms with Gasteiger partial charge in [-0.15, -0.1) is 0 Å². The van der Waals surface area contributed by atoms with Gasteiger partial charge in [0.25, 0.3) is 0 Å². The Morgan fingerprint density at radius 1 is 1.18 bits per heavy atom. The summed E-state index contributed by atoms with van der Waals surface area (Å²) in [6.45, 7) is 2.90.